The first-order valence-corrected chi connectivity index (χ1v) is 10.2. The van der Waals surface area contributed by atoms with Gasteiger partial charge in [0.25, 0.3) is 5.91 Å². The number of hydrogen-bond acceptors (Lipinski definition) is 4. The molecule has 1 saturated carbocycles. The molecule has 148 valence electrons. The number of benzene rings is 1. The van der Waals surface area contributed by atoms with E-state index in [4.69, 9.17) is 4.74 Å². The Morgan fingerprint density at radius 1 is 1.17 bits per heavy atom. The molecule has 5 rings (SSSR count). The average molecular weight is 388 g/mol. The lowest BCUT2D eigenvalue weighted by Gasteiger charge is -2.34. The predicted octanol–water partition coefficient (Wildman–Crippen LogP) is 3.64. The smallest absolute Gasteiger partial charge is 0.258 e. The van der Waals surface area contributed by atoms with Crippen molar-refractivity contribution < 1.29 is 9.53 Å². The number of aryl methyl sites for hydroxylation is 1. The van der Waals surface area contributed by atoms with E-state index in [0.717, 1.165) is 43.4 Å². The zero-order valence-electron chi connectivity index (χ0n) is 16.5. The number of ether oxygens (including phenoxy) is 1. The normalized spacial score (nSPS) is 18.2. The molecule has 1 amide bonds. The summed E-state index contributed by atoms with van der Waals surface area (Å²) < 4.78 is 5.62. The number of rotatable bonds is 5. The first kappa shape index (κ1) is 17.9. The van der Waals surface area contributed by atoms with Gasteiger partial charge in [0, 0.05) is 29.5 Å². The Morgan fingerprint density at radius 3 is 2.83 bits per heavy atom. The third-order valence-corrected chi connectivity index (χ3v) is 5.95. The summed E-state index contributed by atoms with van der Waals surface area (Å²) in [6, 6.07) is 12.1. The van der Waals surface area contributed by atoms with Crippen LogP contribution in [0.25, 0.3) is 11.3 Å². The van der Waals surface area contributed by atoms with Gasteiger partial charge in [-0.15, -0.1) is 0 Å². The van der Waals surface area contributed by atoms with E-state index in [9.17, 15) is 4.79 Å². The quantitative estimate of drug-likeness (QED) is 0.724. The van der Waals surface area contributed by atoms with Crippen molar-refractivity contribution in [2.75, 3.05) is 7.11 Å². The number of pyridine rings is 1. The molecule has 3 aromatic rings. The van der Waals surface area contributed by atoms with E-state index in [1.165, 1.54) is 11.3 Å². The summed E-state index contributed by atoms with van der Waals surface area (Å²) in [7, 11) is 1.62. The summed E-state index contributed by atoms with van der Waals surface area (Å²) in [6.45, 7) is 0. The maximum absolute atomic E-state index is 13.6. The predicted molar refractivity (Wildman–Crippen MR) is 110 cm³/mol. The van der Waals surface area contributed by atoms with Gasteiger partial charge in [0.2, 0.25) is 0 Å². The van der Waals surface area contributed by atoms with Crippen LogP contribution in [0.1, 0.15) is 40.9 Å². The molecule has 1 atom stereocenters. The Hall–Kier alpha value is -3.15. The SMILES string of the molecule is COc1cc(-c2ccccn2)ccc1C(=O)N(C1CC1)C1CCc2[nH]ncc2C1. The van der Waals surface area contributed by atoms with Gasteiger partial charge in [-0.2, -0.15) is 5.10 Å². The molecule has 2 heterocycles. The summed E-state index contributed by atoms with van der Waals surface area (Å²) in [6.07, 6.45) is 8.59. The van der Waals surface area contributed by atoms with Crippen LogP contribution in [0.15, 0.2) is 48.8 Å². The van der Waals surface area contributed by atoms with E-state index >= 15 is 0 Å². The highest BCUT2D eigenvalue weighted by Gasteiger charge is 2.40. The number of nitrogens with zero attached hydrogens (tertiary/aromatic N) is 3. The highest BCUT2D eigenvalue weighted by Crippen LogP contribution is 2.36. The number of carbonyl (C=O) groups excluding carboxylic acids is 1. The largest absolute Gasteiger partial charge is 0.496 e. The standard InChI is InChI=1S/C23H24N4O2/c1-29-22-13-15(20-4-2-3-11-24-20)5-9-19(22)23(28)27(17-6-7-17)18-8-10-21-16(12-18)14-25-26-21/h2-5,9,11,13-14,17-18H,6-8,10,12H2,1H3,(H,25,26). The summed E-state index contributed by atoms with van der Waals surface area (Å²) in [5.41, 5.74) is 4.87. The van der Waals surface area contributed by atoms with Crippen molar-refractivity contribution >= 4 is 5.91 Å². The number of amides is 1. The van der Waals surface area contributed by atoms with Crippen molar-refractivity contribution in [3.8, 4) is 17.0 Å². The van der Waals surface area contributed by atoms with Crippen molar-refractivity contribution in [3.05, 3.63) is 65.6 Å². The van der Waals surface area contributed by atoms with E-state index in [0.29, 0.717) is 17.4 Å². The fraction of sp³-hybridized carbons (Fsp3) is 0.348. The van der Waals surface area contributed by atoms with E-state index < -0.39 is 0 Å². The summed E-state index contributed by atoms with van der Waals surface area (Å²) in [4.78, 5) is 20.1. The van der Waals surface area contributed by atoms with Gasteiger partial charge in [-0.3, -0.25) is 14.9 Å². The van der Waals surface area contributed by atoms with Crippen molar-refractivity contribution in [2.24, 2.45) is 0 Å². The van der Waals surface area contributed by atoms with Gasteiger partial charge in [-0.05, 0) is 61.9 Å². The number of H-pyrrole nitrogens is 1. The number of methoxy groups -OCH3 is 1. The number of carbonyl (C=O) groups is 1. The minimum atomic E-state index is 0.0638. The highest BCUT2D eigenvalue weighted by atomic mass is 16.5. The molecular formula is C23H24N4O2. The van der Waals surface area contributed by atoms with Crippen LogP contribution in [-0.4, -0.2) is 45.2 Å². The van der Waals surface area contributed by atoms with E-state index in [-0.39, 0.29) is 11.9 Å². The topological polar surface area (TPSA) is 71.1 Å². The minimum absolute atomic E-state index is 0.0638. The molecule has 0 aliphatic heterocycles. The molecule has 2 aromatic heterocycles. The summed E-state index contributed by atoms with van der Waals surface area (Å²) >= 11 is 0. The number of nitrogens with one attached hydrogen (secondary N) is 1. The van der Waals surface area contributed by atoms with E-state index in [1.807, 2.05) is 42.6 Å². The Labute approximate surface area is 169 Å². The lowest BCUT2D eigenvalue weighted by Crippen LogP contribution is -2.45. The molecule has 2 aliphatic rings. The molecule has 0 spiro atoms. The van der Waals surface area contributed by atoms with Crippen molar-refractivity contribution in [1.29, 1.82) is 0 Å². The summed E-state index contributed by atoms with van der Waals surface area (Å²) in [5.74, 6) is 0.664. The number of fused-ring (bicyclic) bond motifs is 1. The molecule has 6 nitrogen and oxygen atoms in total. The molecule has 1 aromatic carbocycles. The van der Waals surface area contributed by atoms with Gasteiger partial charge in [-0.1, -0.05) is 12.1 Å². The number of hydrogen-bond donors (Lipinski definition) is 1. The van der Waals surface area contributed by atoms with Gasteiger partial charge >= 0.3 is 0 Å². The molecule has 0 bridgehead atoms. The van der Waals surface area contributed by atoms with Crippen LogP contribution in [0.2, 0.25) is 0 Å². The average Bonchev–Trinajstić information content (AvgIpc) is 3.49. The number of aromatic nitrogens is 3. The molecule has 0 saturated heterocycles. The number of aromatic amines is 1. The van der Waals surface area contributed by atoms with Gasteiger partial charge in [0.1, 0.15) is 5.75 Å². The van der Waals surface area contributed by atoms with Crippen LogP contribution < -0.4 is 4.74 Å². The van der Waals surface area contributed by atoms with Crippen molar-refractivity contribution in [3.63, 3.8) is 0 Å². The fourth-order valence-corrected chi connectivity index (χ4v) is 4.32. The van der Waals surface area contributed by atoms with Gasteiger partial charge < -0.3 is 9.64 Å². The van der Waals surface area contributed by atoms with E-state index in [1.54, 1.807) is 13.3 Å². The third kappa shape index (κ3) is 3.39. The zero-order valence-corrected chi connectivity index (χ0v) is 16.5. The van der Waals surface area contributed by atoms with Crippen LogP contribution in [0, 0.1) is 0 Å². The van der Waals surface area contributed by atoms with Crippen LogP contribution in [0.5, 0.6) is 5.75 Å². The van der Waals surface area contributed by atoms with Crippen LogP contribution in [-0.2, 0) is 12.8 Å². The highest BCUT2D eigenvalue weighted by molar-refractivity contribution is 5.98. The Balaban J connectivity index is 1.45. The second kappa shape index (κ2) is 7.35. The summed E-state index contributed by atoms with van der Waals surface area (Å²) in [5, 5.41) is 7.26. The van der Waals surface area contributed by atoms with Gasteiger partial charge in [0.15, 0.2) is 0 Å². The Morgan fingerprint density at radius 2 is 2.07 bits per heavy atom. The molecule has 1 unspecified atom stereocenters. The molecular weight excluding hydrogens is 364 g/mol. The first-order valence-electron chi connectivity index (χ1n) is 10.2. The Bertz CT molecular complexity index is 1030. The molecule has 1 N–H and O–H groups in total. The first-order chi connectivity index (χ1) is 14.2. The maximum atomic E-state index is 13.6. The van der Waals surface area contributed by atoms with Gasteiger partial charge in [-0.25, -0.2) is 0 Å². The second-order valence-electron chi connectivity index (χ2n) is 7.84. The fourth-order valence-electron chi connectivity index (χ4n) is 4.32. The molecule has 6 heteroatoms. The minimum Gasteiger partial charge on any atom is -0.496 e. The third-order valence-electron chi connectivity index (χ3n) is 5.95. The Kier molecular flexibility index (Phi) is 4.54. The van der Waals surface area contributed by atoms with Crippen molar-refractivity contribution in [1.82, 2.24) is 20.1 Å². The van der Waals surface area contributed by atoms with Crippen LogP contribution >= 0.6 is 0 Å². The maximum Gasteiger partial charge on any atom is 0.258 e. The monoisotopic (exact) mass is 388 g/mol. The molecule has 2 aliphatic carbocycles. The second-order valence-corrected chi connectivity index (χ2v) is 7.84. The molecule has 1 fully saturated rings. The lowest BCUT2D eigenvalue weighted by atomic mass is 9.91. The van der Waals surface area contributed by atoms with E-state index in [2.05, 4.69) is 20.1 Å². The van der Waals surface area contributed by atoms with Gasteiger partial charge in [0.05, 0.1) is 24.6 Å². The van der Waals surface area contributed by atoms with Crippen LogP contribution in [0.4, 0.5) is 0 Å². The molecule has 0 radical (unpaired) electrons. The van der Waals surface area contributed by atoms with Crippen molar-refractivity contribution in [2.45, 2.75) is 44.2 Å². The van der Waals surface area contributed by atoms with Crippen LogP contribution in [0.3, 0.4) is 0 Å². The molecule has 29 heavy (non-hydrogen) atoms. The lowest BCUT2D eigenvalue weighted by molar-refractivity contribution is 0.0639. The zero-order chi connectivity index (χ0) is 19.8.